The molecule has 4 rings (SSSR count). The van der Waals surface area contributed by atoms with E-state index in [1.807, 2.05) is 37.3 Å². The fourth-order valence-corrected chi connectivity index (χ4v) is 4.93. The number of aromatic nitrogens is 3. The predicted octanol–water partition coefficient (Wildman–Crippen LogP) is 5.82. The van der Waals surface area contributed by atoms with Crippen LogP contribution in [-0.2, 0) is 25.6 Å². The van der Waals surface area contributed by atoms with Gasteiger partial charge in [-0.25, -0.2) is 28.9 Å². The maximum absolute atomic E-state index is 13.8. The molecule has 2 aromatic heterocycles. The molecule has 0 spiro atoms. The third kappa shape index (κ3) is 8.12. The number of rotatable bonds is 7. The number of ketones is 1. The number of benzene rings is 1. The van der Waals surface area contributed by atoms with Crippen molar-refractivity contribution < 1.29 is 33.4 Å². The number of Topliss-reactive ketones (excluding diaryl/α,β-unsaturated/α-hetero) is 1. The smallest absolute Gasteiger partial charge is 0.420 e. The summed E-state index contributed by atoms with van der Waals surface area (Å²) >= 11 is 0. The fraction of sp³-hybridized carbons (Fsp3) is 0.500. The summed E-state index contributed by atoms with van der Waals surface area (Å²) in [7, 11) is 0. The lowest BCUT2D eigenvalue weighted by Gasteiger charge is -2.27. The van der Waals surface area contributed by atoms with Gasteiger partial charge in [-0.2, -0.15) is 0 Å². The van der Waals surface area contributed by atoms with Gasteiger partial charge < -0.3 is 19.1 Å². The topological polar surface area (TPSA) is 133 Å². The van der Waals surface area contributed by atoms with Crippen LogP contribution in [-0.4, -0.2) is 74.3 Å². The molecule has 236 valence electrons. The second-order valence-electron chi connectivity index (χ2n) is 12.9. The second-order valence-corrected chi connectivity index (χ2v) is 12.9. The van der Waals surface area contributed by atoms with E-state index in [4.69, 9.17) is 14.2 Å². The van der Waals surface area contributed by atoms with Crippen molar-refractivity contribution >= 4 is 41.0 Å². The highest BCUT2D eigenvalue weighted by Gasteiger charge is 2.40. The summed E-state index contributed by atoms with van der Waals surface area (Å²) in [6.07, 6.45) is 1.59. The van der Waals surface area contributed by atoms with Crippen LogP contribution in [0.5, 0.6) is 0 Å². The number of ether oxygens (including phenoxy) is 3. The normalized spacial score (nSPS) is 16.9. The molecule has 1 saturated heterocycles. The lowest BCUT2D eigenvalue weighted by Crippen LogP contribution is -2.43. The summed E-state index contributed by atoms with van der Waals surface area (Å²) in [5, 5.41) is 0. The molecule has 1 aliphatic heterocycles. The third-order valence-electron chi connectivity index (χ3n) is 7.01. The summed E-state index contributed by atoms with van der Waals surface area (Å²) in [5.74, 6) is -0.774. The average molecular weight is 608 g/mol. The molecule has 1 fully saturated rings. The zero-order valence-electron chi connectivity index (χ0n) is 26.4. The Morgan fingerprint density at radius 2 is 1.61 bits per heavy atom. The van der Waals surface area contributed by atoms with Crippen molar-refractivity contribution in [1.82, 2.24) is 19.4 Å². The molecular weight excluding hydrogens is 566 g/mol. The maximum Gasteiger partial charge on any atom is 0.420 e. The quantitative estimate of drug-likeness (QED) is 0.305. The van der Waals surface area contributed by atoms with Gasteiger partial charge in [0.1, 0.15) is 23.3 Å². The average Bonchev–Trinajstić information content (AvgIpc) is 3.57. The minimum Gasteiger partial charge on any atom is -0.445 e. The van der Waals surface area contributed by atoms with E-state index in [9.17, 15) is 19.2 Å². The molecule has 1 aliphatic rings. The highest BCUT2D eigenvalue weighted by molar-refractivity contribution is 5.97. The standard InChI is InChI=1S/C32H41N5O7/c1-8-22-17-35(28(39)42-20-21-12-10-9-11-13-21)18-23(22)25(38)19-37(30(41)44-32(5,6)7)26-16-33-27-24(34-26)14-15-36(27)29(40)43-31(2,3)4/h9-16,22-23H,8,17-20H2,1-7H3/t22-,23+/m1/s1. The van der Waals surface area contributed by atoms with Gasteiger partial charge in [0.25, 0.3) is 0 Å². The molecule has 12 heteroatoms. The first kappa shape index (κ1) is 32.4. The van der Waals surface area contributed by atoms with Gasteiger partial charge in [-0.3, -0.25) is 9.69 Å². The molecule has 0 aliphatic carbocycles. The highest BCUT2D eigenvalue weighted by Crippen LogP contribution is 2.29. The highest BCUT2D eigenvalue weighted by atomic mass is 16.6. The number of carbonyl (C=O) groups is 4. The van der Waals surface area contributed by atoms with E-state index in [2.05, 4.69) is 9.97 Å². The first-order valence-electron chi connectivity index (χ1n) is 14.7. The van der Waals surface area contributed by atoms with E-state index in [-0.39, 0.29) is 42.9 Å². The SMILES string of the molecule is CC[C@@H]1CN(C(=O)OCc2ccccc2)C[C@@H]1C(=O)CN(C(=O)OC(C)(C)C)c1cnc2c(ccn2C(=O)OC(C)(C)C)n1. The molecule has 1 aromatic carbocycles. The first-order valence-corrected chi connectivity index (χ1v) is 14.7. The van der Waals surface area contributed by atoms with Gasteiger partial charge in [-0.1, -0.05) is 43.7 Å². The largest absolute Gasteiger partial charge is 0.445 e. The lowest BCUT2D eigenvalue weighted by atomic mass is 9.90. The number of amides is 2. The van der Waals surface area contributed by atoms with Gasteiger partial charge in [0.15, 0.2) is 17.2 Å². The van der Waals surface area contributed by atoms with Gasteiger partial charge in [-0.05, 0) is 59.1 Å². The Morgan fingerprint density at radius 1 is 0.932 bits per heavy atom. The van der Waals surface area contributed by atoms with E-state index in [0.29, 0.717) is 18.5 Å². The number of likely N-dealkylation sites (tertiary alicyclic amines) is 1. The monoisotopic (exact) mass is 607 g/mol. The van der Waals surface area contributed by atoms with E-state index >= 15 is 0 Å². The summed E-state index contributed by atoms with van der Waals surface area (Å²) in [5.41, 5.74) is -0.111. The zero-order valence-corrected chi connectivity index (χ0v) is 26.4. The van der Waals surface area contributed by atoms with Crippen LogP contribution in [0.4, 0.5) is 20.2 Å². The van der Waals surface area contributed by atoms with Crippen molar-refractivity contribution in [1.29, 1.82) is 0 Å². The van der Waals surface area contributed by atoms with Gasteiger partial charge in [-0.15, -0.1) is 0 Å². The van der Waals surface area contributed by atoms with Crippen molar-refractivity contribution in [2.75, 3.05) is 24.5 Å². The van der Waals surface area contributed by atoms with Crippen LogP contribution in [0, 0.1) is 11.8 Å². The van der Waals surface area contributed by atoms with Gasteiger partial charge in [0.2, 0.25) is 0 Å². The van der Waals surface area contributed by atoms with Crippen molar-refractivity contribution in [2.24, 2.45) is 11.8 Å². The number of carbonyl (C=O) groups excluding carboxylic acids is 4. The predicted molar refractivity (Wildman–Crippen MR) is 163 cm³/mol. The Morgan fingerprint density at radius 3 is 2.25 bits per heavy atom. The summed E-state index contributed by atoms with van der Waals surface area (Å²) < 4.78 is 17.8. The molecule has 0 radical (unpaired) electrons. The van der Waals surface area contributed by atoms with Gasteiger partial charge in [0.05, 0.1) is 12.7 Å². The Kier molecular flexibility index (Phi) is 9.60. The van der Waals surface area contributed by atoms with Crippen LogP contribution in [0.3, 0.4) is 0 Å². The molecule has 2 atom stereocenters. The van der Waals surface area contributed by atoms with Crippen molar-refractivity contribution in [3.8, 4) is 0 Å². The summed E-state index contributed by atoms with van der Waals surface area (Å²) in [6, 6.07) is 10.9. The van der Waals surface area contributed by atoms with E-state index < -0.39 is 35.4 Å². The molecule has 0 N–H and O–H groups in total. The molecule has 0 unspecified atom stereocenters. The summed E-state index contributed by atoms with van der Waals surface area (Å²) in [6.45, 7) is 12.8. The molecule has 0 bridgehead atoms. The third-order valence-corrected chi connectivity index (χ3v) is 7.01. The number of nitrogens with zero attached hydrogens (tertiary/aromatic N) is 5. The second kappa shape index (κ2) is 13.0. The lowest BCUT2D eigenvalue weighted by molar-refractivity contribution is -0.122. The molecule has 0 saturated carbocycles. The van der Waals surface area contributed by atoms with Crippen LogP contribution < -0.4 is 4.90 Å². The Labute approximate surface area is 257 Å². The minimum absolute atomic E-state index is 0.0900. The van der Waals surface area contributed by atoms with E-state index in [0.717, 1.165) is 10.5 Å². The van der Waals surface area contributed by atoms with Gasteiger partial charge in [0, 0.05) is 25.2 Å². The van der Waals surface area contributed by atoms with Crippen molar-refractivity contribution in [3.63, 3.8) is 0 Å². The van der Waals surface area contributed by atoms with Crippen LogP contribution in [0.1, 0.15) is 60.5 Å². The fourth-order valence-electron chi connectivity index (χ4n) is 4.93. The number of fused-ring (bicyclic) bond motifs is 1. The summed E-state index contributed by atoms with van der Waals surface area (Å²) in [4.78, 5) is 64.3. The van der Waals surface area contributed by atoms with Crippen LogP contribution in [0.15, 0.2) is 48.8 Å². The Hall–Kier alpha value is -4.48. The van der Waals surface area contributed by atoms with Crippen molar-refractivity contribution in [2.45, 2.75) is 72.7 Å². The molecule has 3 heterocycles. The van der Waals surface area contributed by atoms with Crippen LogP contribution in [0.25, 0.3) is 11.2 Å². The minimum atomic E-state index is -0.839. The molecular formula is C32H41N5O7. The maximum atomic E-state index is 13.8. The van der Waals surface area contributed by atoms with E-state index in [1.54, 1.807) is 52.5 Å². The zero-order chi connectivity index (χ0) is 32.2. The molecule has 2 amide bonds. The van der Waals surface area contributed by atoms with Gasteiger partial charge >= 0.3 is 18.3 Å². The number of anilines is 1. The molecule has 44 heavy (non-hydrogen) atoms. The number of hydrogen-bond donors (Lipinski definition) is 0. The molecule has 12 nitrogen and oxygen atoms in total. The van der Waals surface area contributed by atoms with E-state index in [1.165, 1.54) is 17.0 Å². The Bertz CT molecular complexity index is 1510. The Balaban J connectivity index is 1.53. The number of hydrogen-bond acceptors (Lipinski definition) is 9. The van der Waals surface area contributed by atoms with Crippen molar-refractivity contribution in [3.05, 3.63) is 54.4 Å². The first-order chi connectivity index (χ1) is 20.6. The van der Waals surface area contributed by atoms with Crippen LogP contribution >= 0.6 is 0 Å². The molecule has 3 aromatic rings. The van der Waals surface area contributed by atoms with Crippen LogP contribution in [0.2, 0.25) is 0 Å².